The molecule has 4 aliphatic rings. The Labute approximate surface area is 459 Å². The van der Waals surface area contributed by atoms with Crippen LogP contribution in [0.25, 0.3) is 0 Å². The molecule has 0 bridgehead atoms. The molecule has 1 atom stereocenters. The molecule has 4 saturated heterocycles. The van der Waals surface area contributed by atoms with Gasteiger partial charge in [-0.25, -0.2) is 13.6 Å². The second-order valence-corrected chi connectivity index (χ2v) is 18.7. The quantitative estimate of drug-likeness (QED) is 0.103. The molecule has 0 saturated carbocycles. The number of nitrogens with zero attached hydrogens (tertiary/aromatic N) is 8. The molecule has 1 unspecified atom stereocenters. The minimum atomic E-state index is -2.14. The zero-order chi connectivity index (χ0) is 51.8. The average Bonchev–Trinajstić information content (AvgIpc) is 3.40. The molecular formula is C54H72F2Li2N8O8. The van der Waals surface area contributed by atoms with Gasteiger partial charge in [0.05, 0.1) is 25.1 Å². The third-order valence-electron chi connectivity index (χ3n) is 13.8. The fraction of sp³-hybridized carbons (Fsp3) is 0.556. The van der Waals surface area contributed by atoms with Gasteiger partial charge in [0, 0.05) is 126 Å². The fourth-order valence-electron chi connectivity index (χ4n) is 9.36. The number of pyridine rings is 4. The van der Waals surface area contributed by atoms with E-state index in [2.05, 4.69) is 41.6 Å². The number of hydrogen-bond donors (Lipinski definition) is 0. The van der Waals surface area contributed by atoms with Gasteiger partial charge in [0.15, 0.2) is 5.67 Å². The minimum Gasteiger partial charge on any atom is -0.550 e. The Morgan fingerprint density at radius 1 is 0.554 bits per heavy atom. The maximum Gasteiger partial charge on any atom is 1.00 e. The largest absolute Gasteiger partial charge is 1.00 e. The van der Waals surface area contributed by atoms with Crippen LogP contribution < -0.4 is 47.9 Å². The van der Waals surface area contributed by atoms with Crippen LogP contribution in [0.5, 0.6) is 0 Å². The standard InChI is InChI=1S/C14H19FN2O2.2C14H20N2O2.C12H15FN2O2.2Li/c1-2-19-13(18)14(15)5-9-17(10-6-14)11-12-3-7-16-8-4-12;1-2-18-14(17)13-5-9-16(10-6-13)11-12-3-7-15-8-4-12;1-2-13(11-3-7-15-8-4-11)16-9-5-12(6-10-16)14(17)18;13-12(11(16)17)3-7-15(8-4-12)9-10-1-5-14-6-2-10;;/h3-4,7-8H,2,5-6,9-11H2,1H3;3-4,7-8,13H,2,5-6,9-11H2,1H3;3-4,7-8,12-13H,2,5-6,9-10H2,1H3,(H,17,18);1-2,5-6H,3-4,7-9H2,(H,16,17);;/q;;;;2*+1/p-2. The van der Waals surface area contributed by atoms with Gasteiger partial charge in [-0.3, -0.25) is 44.3 Å². The summed E-state index contributed by atoms with van der Waals surface area (Å²) in [6, 6.07) is 16.2. The van der Waals surface area contributed by atoms with E-state index in [1.54, 1.807) is 31.7 Å². The molecule has 0 N–H and O–H groups in total. The predicted octanol–water partition coefficient (Wildman–Crippen LogP) is -1.06. The van der Waals surface area contributed by atoms with E-state index < -0.39 is 29.2 Å². The van der Waals surface area contributed by atoms with Crippen molar-refractivity contribution in [1.82, 2.24) is 39.5 Å². The molecule has 0 aromatic carbocycles. The SMILES string of the molecule is CCC(c1ccncc1)N1CCC(C(=O)[O-])CC1.CCOC(=O)C1(F)CCN(Cc2ccncc2)CC1.CCOC(=O)C1CCN(Cc2ccncc2)CC1.O=C([O-])C1(F)CCN(Cc2ccncc2)CC1.[Li+].[Li+]. The van der Waals surface area contributed by atoms with Crippen LogP contribution >= 0.6 is 0 Å². The van der Waals surface area contributed by atoms with Gasteiger partial charge in [-0.15, -0.1) is 0 Å². The van der Waals surface area contributed by atoms with Gasteiger partial charge in [-0.2, -0.15) is 0 Å². The van der Waals surface area contributed by atoms with Crippen molar-refractivity contribution >= 4 is 23.9 Å². The molecule has 4 fully saturated rings. The van der Waals surface area contributed by atoms with Crippen molar-refractivity contribution in [2.45, 2.75) is 116 Å². The summed E-state index contributed by atoms with van der Waals surface area (Å²) in [5.41, 5.74) is 0.843. The number of likely N-dealkylation sites (tertiary alicyclic amines) is 4. The summed E-state index contributed by atoms with van der Waals surface area (Å²) >= 11 is 0. The molecule has 0 aliphatic carbocycles. The van der Waals surface area contributed by atoms with E-state index >= 15 is 0 Å². The van der Waals surface area contributed by atoms with E-state index in [9.17, 15) is 38.2 Å². The summed E-state index contributed by atoms with van der Waals surface area (Å²) in [4.78, 5) is 69.5. The number of carboxylic acid groups (broad SMARTS) is 2. The van der Waals surface area contributed by atoms with Crippen molar-refractivity contribution in [3.8, 4) is 0 Å². The Kier molecular flexibility index (Phi) is 28.7. The summed E-state index contributed by atoms with van der Waals surface area (Å²) in [5.74, 6) is -3.39. The molecule has 4 aromatic heterocycles. The van der Waals surface area contributed by atoms with Crippen molar-refractivity contribution in [3.05, 3.63) is 120 Å². The van der Waals surface area contributed by atoms with Crippen LogP contribution in [0.1, 0.15) is 107 Å². The third-order valence-corrected chi connectivity index (χ3v) is 13.8. The maximum atomic E-state index is 14.4. The number of halogens is 2. The topological polar surface area (TPSA) is 197 Å². The molecule has 0 radical (unpaired) electrons. The summed E-state index contributed by atoms with van der Waals surface area (Å²) in [6.45, 7) is 14.4. The monoisotopic (exact) mass is 1010 g/mol. The molecule has 8 rings (SSSR count). The molecule has 392 valence electrons. The third kappa shape index (κ3) is 20.8. The Balaban J connectivity index is 0.000000258. The van der Waals surface area contributed by atoms with Crippen LogP contribution in [-0.2, 0) is 48.3 Å². The molecule has 16 nitrogen and oxygen atoms in total. The van der Waals surface area contributed by atoms with Crippen molar-refractivity contribution in [1.29, 1.82) is 0 Å². The molecule has 0 amide bonds. The van der Waals surface area contributed by atoms with Crippen LogP contribution in [0.2, 0.25) is 0 Å². The number of ether oxygens (including phenoxy) is 2. The van der Waals surface area contributed by atoms with Gasteiger partial charge in [-0.05, 0) is 156 Å². The number of rotatable bonds is 15. The summed E-state index contributed by atoms with van der Waals surface area (Å²) in [6.07, 6.45) is 18.8. The average molecular weight is 1010 g/mol. The number of carboxylic acids is 2. The molecule has 4 aromatic rings. The Morgan fingerprint density at radius 3 is 1.28 bits per heavy atom. The smallest absolute Gasteiger partial charge is 0.550 e. The van der Waals surface area contributed by atoms with E-state index in [0.717, 1.165) is 69.7 Å². The number of alkyl halides is 2. The van der Waals surface area contributed by atoms with E-state index in [0.29, 0.717) is 58.2 Å². The van der Waals surface area contributed by atoms with Crippen LogP contribution in [0.15, 0.2) is 98.1 Å². The van der Waals surface area contributed by atoms with Gasteiger partial charge < -0.3 is 29.3 Å². The second kappa shape index (κ2) is 33.4. The van der Waals surface area contributed by atoms with Gasteiger partial charge >= 0.3 is 49.7 Å². The molecule has 4 aliphatic heterocycles. The van der Waals surface area contributed by atoms with Crippen LogP contribution in [0.4, 0.5) is 8.78 Å². The Hall–Kier alpha value is -4.63. The van der Waals surface area contributed by atoms with E-state index in [4.69, 9.17) is 9.47 Å². The number of aromatic nitrogens is 4. The van der Waals surface area contributed by atoms with E-state index in [-0.39, 0.29) is 87.8 Å². The molecule has 8 heterocycles. The summed E-state index contributed by atoms with van der Waals surface area (Å²) in [5, 5.41) is 21.5. The number of piperidine rings is 4. The van der Waals surface area contributed by atoms with Crippen LogP contribution in [0.3, 0.4) is 0 Å². The van der Waals surface area contributed by atoms with Crippen LogP contribution in [0, 0.1) is 11.8 Å². The summed E-state index contributed by atoms with van der Waals surface area (Å²) < 4.78 is 37.9. The van der Waals surface area contributed by atoms with E-state index in [1.807, 2.05) is 85.1 Å². The maximum absolute atomic E-state index is 14.4. The van der Waals surface area contributed by atoms with Gasteiger partial charge in [0.2, 0.25) is 5.67 Å². The van der Waals surface area contributed by atoms with Crippen molar-refractivity contribution in [3.63, 3.8) is 0 Å². The number of carbonyl (C=O) groups excluding carboxylic acids is 4. The number of carbonyl (C=O) groups is 4. The van der Waals surface area contributed by atoms with Gasteiger partial charge in [-0.1, -0.05) is 6.92 Å². The summed E-state index contributed by atoms with van der Waals surface area (Å²) in [7, 11) is 0. The molecule has 0 spiro atoms. The molecule has 20 heteroatoms. The first-order valence-corrected chi connectivity index (χ1v) is 25.4. The van der Waals surface area contributed by atoms with Crippen molar-refractivity contribution < 1.29 is 85.4 Å². The minimum absolute atomic E-state index is 0. The van der Waals surface area contributed by atoms with Crippen molar-refractivity contribution in [2.24, 2.45) is 11.8 Å². The van der Waals surface area contributed by atoms with E-state index in [1.165, 1.54) is 11.1 Å². The van der Waals surface area contributed by atoms with Crippen molar-refractivity contribution in [2.75, 3.05) is 65.6 Å². The number of hydrogen-bond acceptors (Lipinski definition) is 16. The molecule has 74 heavy (non-hydrogen) atoms. The van der Waals surface area contributed by atoms with Crippen LogP contribution in [-0.4, -0.2) is 140 Å². The van der Waals surface area contributed by atoms with Gasteiger partial charge in [0.25, 0.3) is 0 Å². The fourth-order valence-corrected chi connectivity index (χ4v) is 9.36. The number of aliphatic carboxylic acids is 2. The first-order chi connectivity index (χ1) is 34.7. The number of esters is 2. The Morgan fingerprint density at radius 2 is 0.919 bits per heavy atom. The normalized spacial score (nSPS) is 18.6. The zero-order valence-electron chi connectivity index (χ0n) is 44.1. The second-order valence-electron chi connectivity index (χ2n) is 18.7. The first-order valence-electron chi connectivity index (χ1n) is 25.4. The molecular weight excluding hydrogens is 941 g/mol. The Bertz CT molecular complexity index is 2200. The van der Waals surface area contributed by atoms with Gasteiger partial charge in [0.1, 0.15) is 0 Å². The zero-order valence-corrected chi connectivity index (χ0v) is 44.1. The first kappa shape index (κ1) is 63.7. The predicted molar refractivity (Wildman–Crippen MR) is 262 cm³/mol.